The summed E-state index contributed by atoms with van der Waals surface area (Å²) < 4.78 is 0. The fraction of sp³-hybridized carbons (Fsp3) is 0.200. The number of benzene rings is 1. The lowest BCUT2D eigenvalue weighted by Crippen LogP contribution is -2.12. The maximum Gasteiger partial charge on any atom is 0.256 e. The minimum absolute atomic E-state index is 0.197. The summed E-state index contributed by atoms with van der Waals surface area (Å²) in [6.45, 7) is 0. The van der Waals surface area contributed by atoms with Crippen molar-refractivity contribution >= 4 is 29.0 Å². The lowest BCUT2D eigenvalue weighted by Gasteiger charge is -2.07. The number of carbonyl (C=O) groups excluding carboxylic acids is 1. The van der Waals surface area contributed by atoms with Crippen LogP contribution < -0.4 is 10.6 Å². The van der Waals surface area contributed by atoms with Crippen molar-refractivity contribution in [3.8, 4) is 0 Å². The van der Waals surface area contributed by atoms with Crippen molar-refractivity contribution in [3.63, 3.8) is 0 Å². The molecule has 0 unspecified atom stereocenters. The summed E-state index contributed by atoms with van der Waals surface area (Å²) in [5.41, 5.74) is 1.54. The van der Waals surface area contributed by atoms with Crippen molar-refractivity contribution in [2.45, 2.75) is 18.9 Å². The number of hydrogen-bond donors (Lipinski definition) is 2. The zero-order valence-electron chi connectivity index (χ0n) is 10.8. The molecule has 0 bridgehead atoms. The Labute approximate surface area is 122 Å². The highest BCUT2D eigenvalue weighted by Gasteiger charge is 2.20. The molecule has 4 nitrogen and oxygen atoms in total. The van der Waals surface area contributed by atoms with E-state index in [1.807, 2.05) is 6.07 Å². The summed E-state index contributed by atoms with van der Waals surface area (Å²) in [4.78, 5) is 16.2. The molecule has 1 aromatic carbocycles. The number of pyridine rings is 1. The van der Waals surface area contributed by atoms with Gasteiger partial charge < -0.3 is 10.6 Å². The molecule has 3 rings (SSSR count). The molecule has 0 saturated heterocycles. The van der Waals surface area contributed by atoms with Crippen LogP contribution in [0.3, 0.4) is 0 Å². The van der Waals surface area contributed by atoms with E-state index in [1.165, 1.54) is 12.8 Å². The van der Waals surface area contributed by atoms with Crippen molar-refractivity contribution in [1.29, 1.82) is 0 Å². The van der Waals surface area contributed by atoms with Crippen LogP contribution in [0.1, 0.15) is 23.2 Å². The average Bonchev–Trinajstić information content (AvgIpc) is 3.26. The molecule has 1 aromatic heterocycles. The maximum atomic E-state index is 12.0. The molecule has 0 spiro atoms. The van der Waals surface area contributed by atoms with Gasteiger partial charge in [-0.05, 0) is 49.2 Å². The molecule has 2 aromatic rings. The van der Waals surface area contributed by atoms with Crippen LogP contribution in [0.4, 0.5) is 11.5 Å². The third kappa shape index (κ3) is 3.27. The van der Waals surface area contributed by atoms with Gasteiger partial charge >= 0.3 is 0 Å². The van der Waals surface area contributed by atoms with Crippen LogP contribution >= 0.6 is 11.6 Å². The Morgan fingerprint density at radius 3 is 2.50 bits per heavy atom. The molecule has 1 amide bonds. The SMILES string of the molecule is O=C(Nc1ccc(NC2CC2)cn1)c1ccc(Cl)cc1. The van der Waals surface area contributed by atoms with E-state index in [2.05, 4.69) is 15.6 Å². The highest BCUT2D eigenvalue weighted by molar-refractivity contribution is 6.30. The van der Waals surface area contributed by atoms with Crippen molar-refractivity contribution < 1.29 is 4.79 Å². The Hall–Kier alpha value is -2.07. The van der Waals surface area contributed by atoms with E-state index in [-0.39, 0.29) is 5.91 Å². The Kier molecular flexibility index (Phi) is 3.56. The topological polar surface area (TPSA) is 54.0 Å². The molecule has 102 valence electrons. The van der Waals surface area contributed by atoms with Gasteiger partial charge in [0.2, 0.25) is 0 Å². The first-order valence-corrected chi connectivity index (χ1v) is 6.88. The van der Waals surface area contributed by atoms with Crippen LogP contribution in [0.5, 0.6) is 0 Å². The molecule has 0 atom stereocenters. The molecule has 1 fully saturated rings. The van der Waals surface area contributed by atoms with Crippen molar-refractivity contribution in [2.24, 2.45) is 0 Å². The molecule has 20 heavy (non-hydrogen) atoms. The summed E-state index contributed by atoms with van der Waals surface area (Å²) in [5.74, 6) is 0.336. The van der Waals surface area contributed by atoms with Crippen LogP contribution in [0.25, 0.3) is 0 Å². The minimum Gasteiger partial charge on any atom is -0.381 e. The number of aromatic nitrogens is 1. The summed E-state index contributed by atoms with van der Waals surface area (Å²) in [6, 6.07) is 11.0. The first kappa shape index (κ1) is 12.9. The zero-order chi connectivity index (χ0) is 13.9. The van der Waals surface area contributed by atoms with Gasteiger partial charge in [0.1, 0.15) is 5.82 Å². The predicted octanol–water partition coefficient (Wildman–Crippen LogP) is 3.56. The molecule has 1 aliphatic rings. The van der Waals surface area contributed by atoms with Gasteiger partial charge in [-0.15, -0.1) is 0 Å². The van der Waals surface area contributed by atoms with E-state index in [0.29, 0.717) is 22.4 Å². The number of anilines is 2. The number of halogens is 1. The zero-order valence-corrected chi connectivity index (χ0v) is 11.5. The predicted molar refractivity (Wildman–Crippen MR) is 80.3 cm³/mol. The molecular formula is C15H14ClN3O. The molecule has 1 saturated carbocycles. The maximum absolute atomic E-state index is 12.0. The first-order chi connectivity index (χ1) is 9.70. The molecule has 0 aliphatic heterocycles. The summed E-state index contributed by atoms with van der Waals surface area (Å²) in [6.07, 6.45) is 4.17. The van der Waals surface area contributed by atoms with Gasteiger partial charge in [0, 0.05) is 16.6 Å². The number of nitrogens with zero attached hydrogens (tertiary/aromatic N) is 1. The number of carbonyl (C=O) groups is 1. The standard InChI is InChI=1S/C15H14ClN3O/c16-11-3-1-10(2-4-11)15(20)19-14-8-7-13(9-17-14)18-12-5-6-12/h1-4,7-9,12,18H,5-6H2,(H,17,19,20). The van der Waals surface area contributed by atoms with Crippen molar-refractivity contribution in [1.82, 2.24) is 4.98 Å². The van der Waals surface area contributed by atoms with Gasteiger partial charge in [0.05, 0.1) is 11.9 Å². The van der Waals surface area contributed by atoms with Crippen LogP contribution in [0, 0.1) is 0 Å². The smallest absolute Gasteiger partial charge is 0.256 e. The monoisotopic (exact) mass is 287 g/mol. The molecular weight excluding hydrogens is 274 g/mol. The van der Waals surface area contributed by atoms with Crippen LogP contribution in [-0.4, -0.2) is 16.9 Å². The first-order valence-electron chi connectivity index (χ1n) is 6.50. The van der Waals surface area contributed by atoms with Crippen LogP contribution in [0.15, 0.2) is 42.6 Å². The molecule has 0 radical (unpaired) electrons. The second kappa shape index (κ2) is 5.51. The quantitative estimate of drug-likeness (QED) is 0.904. The van der Waals surface area contributed by atoms with E-state index in [1.54, 1.807) is 36.5 Å². The number of hydrogen-bond acceptors (Lipinski definition) is 3. The fourth-order valence-corrected chi connectivity index (χ4v) is 1.93. The van der Waals surface area contributed by atoms with Gasteiger partial charge in [-0.1, -0.05) is 11.6 Å². The molecule has 1 heterocycles. The molecule has 2 N–H and O–H groups in total. The molecule has 1 aliphatic carbocycles. The number of rotatable bonds is 4. The van der Waals surface area contributed by atoms with E-state index in [0.717, 1.165) is 5.69 Å². The van der Waals surface area contributed by atoms with Gasteiger partial charge in [-0.3, -0.25) is 4.79 Å². The van der Waals surface area contributed by atoms with Crippen molar-refractivity contribution in [3.05, 3.63) is 53.2 Å². The lowest BCUT2D eigenvalue weighted by molar-refractivity contribution is 0.102. The van der Waals surface area contributed by atoms with Gasteiger partial charge in [-0.2, -0.15) is 0 Å². The van der Waals surface area contributed by atoms with Crippen molar-refractivity contribution in [2.75, 3.05) is 10.6 Å². The number of nitrogens with one attached hydrogen (secondary N) is 2. The molecule has 5 heteroatoms. The van der Waals surface area contributed by atoms with E-state index >= 15 is 0 Å². The van der Waals surface area contributed by atoms with E-state index in [4.69, 9.17) is 11.6 Å². The Morgan fingerprint density at radius 1 is 1.15 bits per heavy atom. The number of amides is 1. The normalized spacial score (nSPS) is 13.8. The second-order valence-corrected chi connectivity index (χ2v) is 5.25. The van der Waals surface area contributed by atoms with E-state index < -0.39 is 0 Å². The minimum atomic E-state index is -0.197. The highest BCUT2D eigenvalue weighted by atomic mass is 35.5. The lowest BCUT2D eigenvalue weighted by atomic mass is 10.2. The van der Waals surface area contributed by atoms with E-state index in [9.17, 15) is 4.79 Å². The summed E-state index contributed by atoms with van der Waals surface area (Å²) in [7, 11) is 0. The highest BCUT2D eigenvalue weighted by Crippen LogP contribution is 2.24. The Morgan fingerprint density at radius 2 is 1.90 bits per heavy atom. The largest absolute Gasteiger partial charge is 0.381 e. The second-order valence-electron chi connectivity index (χ2n) is 4.81. The average molecular weight is 288 g/mol. The third-order valence-corrected chi connectivity index (χ3v) is 3.31. The Bertz CT molecular complexity index is 606. The fourth-order valence-electron chi connectivity index (χ4n) is 1.81. The van der Waals surface area contributed by atoms with Crippen LogP contribution in [-0.2, 0) is 0 Å². The van der Waals surface area contributed by atoms with Crippen LogP contribution in [0.2, 0.25) is 5.02 Å². The van der Waals surface area contributed by atoms with Gasteiger partial charge in [0.25, 0.3) is 5.91 Å². The van der Waals surface area contributed by atoms with Gasteiger partial charge in [-0.25, -0.2) is 4.98 Å². The van der Waals surface area contributed by atoms with Gasteiger partial charge in [0.15, 0.2) is 0 Å². The third-order valence-electron chi connectivity index (χ3n) is 3.06. The Balaban J connectivity index is 1.64. The summed E-state index contributed by atoms with van der Waals surface area (Å²) >= 11 is 5.79. The summed E-state index contributed by atoms with van der Waals surface area (Å²) in [5, 5.41) is 6.70.